The first-order valence-electron chi connectivity index (χ1n) is 19.9. The normalized spacial score (nSPS) is 35.6. The predicted molar refractivity (Wildman–Crippen MR) is 212 cm³/mol. The number of carbonyl (C=O) groups excluding carboxylic acids is 5. The second-order valence-corrected chi connectivity index (χ2v) is 16.3. The molecule has 13 atom stereocenters. The highest BCUT2D eigenvalue weighted by atomic mass is 19.1. The summed E-state index contributed by atoms with van der Waals surface area (Å²) in [5, 5.41) is 28.5. The van der Waals surface area contributed by atoms with E-state index in [1.807, 2.05) is 25.9 Å². The van der Waals surface area contributed by atoms with Gasteiger partial charge in [-0.3, -0.25) is 19.2 Å². The van der Waals surface area contributed by atoms with Crippen LogP contribution in [0.25, 0.3) is 6.08 Å². The molecule has 2 heterocycles. The fraction of sp³-hybridized carbons (Fsp3) is 0.690. The SMILES string of the molecule is CC[C@H]1OC(=O)[C@H](C)C(=O)[C@H](C)[C@@H](O[C@@H]2O[C@H](C)C[C@H](N(C)C)[C@H]2O)[C@](C)(OC)C[C@@H](C)C(=O)[C@H](C)[C@@H](OC(=O)NCCNC(=O)/C=C/c2ccc(F)cc2)[C@]1(C)O. The van der Waals surface area contributed by atoms with E-state index in [1.165, 1.54) is 64.3 Å². The maximum Gasteiger partial charge on any atom is 0.407 e. The molecule has 3 rings (SSSR count). The number of benzene rings is 1. The van der Waals surface area contributed by atoms with Crippen LogP contribution in [-0.4, -0.2) is 133 Å². The summed E-state index contributed by atoms with van der Waals surface area (Å²) >= 11 is 0. The van der Waals surface area contributed by atoms with E-state index in [4.69, 9.17) is 23.7 Å². The molecule has 1 aromatic rings. The lowest BCUT2D eigenvalue weighted by Gasteiger charge is -2.47. The minimum Gasteiger partial charge on any atom is -0.459 e. The number of nitrogens with zero attached hydrogens (tertiary/aromatic N) is 1. The van der Waals surface area contributed by atoms with Crippen molar-refractivity contribution in [3.63, 3.8) is 0 Å². The quantitative estimate of drug-likeness (QED) is 0.110. The Kier molecular flexibility index (Phi) is 17.5. The Bertz CT molecular complexity index is 1610. The van der Waals surface area contributed by atoms with Crippen LogP contribution in [0.15, 0.2) is 30.3 Å². The predicted octanol–water partition coefficient (Wildman–Crippen LogP) is 3.43. The molecule has 16 heteroatoms. The van der Waals surface area contributed by atoms with Gasteiger partial charge in [-0.25, -0.2) is 9.18 Å². The number of likely N-dealkylation sites (N-methyl/N-ethyl adjacent to an activating group) is 1. The van der Waals surface area contributed by atoms with E-state index < -0.39 is 101 Å². The van der Waals surface area contributed by atoms with Gasteiger partial charge in [-0.1, -0.05) is 39.8 Å². The number of halogens is 1. The Morgan fingerprint density at radius 2 is 1.59 bits per heavy atom. The molecule has 0 unspecified atom stereocenters. The molecule has 15 nitrogen and oxygen atoms in total. The third-order valence-electron chi connectivity index (χ3n) is 11.5. The number of methoxy groups -OCH3 is 1. The molecule has 0 aromatic heterocycles. The highest BCUT2D eigenvalue weighted by molar-refractivity contribution is 6.00. The Hall–Kier alpha value is -3.80. The van der Waals surface area contributed by atoms with Crippen LogP contribution in [0.3, 0.4) is 0 Å². The fourth-order valence-corrected chi connectivity index (χ4v) is 7.95. The van der Waals surface area contributed by atoms with Gasteiger partial charge in [-0.05, 0) is 84.8 Å². The molecule has 0 aliphatic carbocycles. The summed E-state index contributed by atoms with van der Waals surface area (Å²) in [7, 11) is 5.07. The van der Waals surface area contributed by atoms with Crippen molar-refractivity contribution in [1.29, 1.82) is 0 Å². The van der Waals surface area contributed by atoms with E-state index in [9.17, 15) is 38.6 Å². The number of alkyl carbamates (subject to hydrolysis) is 1. The van der Waals surface area contributed by atoms with Crippen LogP contribution in [0.1, 0.15) is 80.2 Å². The van der Waals surface area contributed by atoms with Gasteiger partial charge >= 0.3 is 12.1 Å². The second-order valence-electron chi connectivity index (χ2n) is 16.3. The average Bonchev–Trinajstić information content (AvgIpc) is 3.18. The molecule has 1 aromatic carbocycles. The highest BCUT2D eigenvalue weighted by Gasteiger charge is 2.53. The minimum absolute atomic E-state index is 0.00964. The van der Waals surface area contributed by atoms with E-state index in [2.05, 4.69) is 10.6 Å². The number of aliphatic hydroxyl groups excluding tert-OH is 1. The number of esters is 1. The van der Waals surface area contributed by atoms with Gasteiger partial charge < -0.3 is 49.4 Å². The number of ether oxygens (including phenoxy) is 5. The summed E-state index contributed by atoms with van der Waals surface area (Å²) in [5.41, 5.74) is -2.89. The van der Waals surface area contributed by atoms with Crippen LogP contribution in [0, 0.1) is 29.5 Å². The lowest BCUT2D eigenvalue weighted by atomic mass is 9.74. The molecule has 2 amide bonds. The van der Waals surface area contributed by atoms with E-state index in [-0.39, 0.29) is 38.1 Å². The van der Waals surface area contributed by atoms with E-state index in [0.29, 0.717) is 12.0 Å². The summed E-state index contributed by atoms with van der Waals surface area (Å²) in [4.78, 5) is 69.6. The molecule has 2 fully saturated rings. The number of amides is 2. The van der Waals surface area contributed by atoms with Gasteiger partial charge in [0.2, 0.25) is 5.91 Å². The monoisotopic (exact) mass is 821 g/mol. The number of rotatable bonds is 11. The van der Waals surface area contributed by atoms with Gasteiger partial charge in [0, 0.05) is 44.2 Å². The number of hydrogen-bond acceptors (Lipinski definition) is 13. The van der Waals surface area contributed by atoms with Gasteiger partial charge in [0.1, 0.15) is 41.4 Å². The zero-order valence-corrected chi connectivity index (χ0v) is 35.7. The van der Waals surface area contributed by atoms with E-state index in [0.717, 1.165) is 0 Å². The van der Waals surface area contributed by atoms with Gasteiger partial charge in [-0.15, -0.1) is 0 Å². The Morgan fingerprint density at radius 1 is 0.983 bits per heavy atom. The molecular weight excluding hydrogens is 757 g/mol. The first kappa shape index (κ1) is 48.6. The van der Waals surface area contributed by atoms with Crippen LogP contribution in [0.5, 0.6) is 0 Å². The van der Waals surface area contributed by atoms with Crippen molar-refractivity contribution in [3.8, 4) is 0 Å². The molecule has 2 aliphatic heterocycles. The minimum atomic E-state index is -2.13. The van der Waals surface area contributed by atoms with Crippen LogP contribution in [-0.2, 0) is 42.9 Å². The van der Waals surface area contributed by atoms with Crippen molar-refractivity contribution in [3.05, 3.63) is 41.7 Å². The van der Waals surface area contributed by atoms with Gasteiger partial charge in [0.05, 0.1) is 23.7 Å². The van der Waals surface area contributed by atoms with Crippen LogP contribution >= 0.6 is 0 Å². The zero-order valence-electron chi connectivity index (χ0n) is 35.7. The lowest BCUT2D eigenvalue weighted by molar-refractivity contribution is -0.295. The van der Waals surface area contributed by atoms with Crippen molar-refractivity contribution in [2.24, 2.45) is 23.7 Å². The summed E-state index contributed by atoms with van der Waals surface area (Å²) in [6.07, 6.45) is -4.34. The molecule has 2 aliphatic rings. The van der Waals surface area contributed by atoms with E-state index in [1.54, 1.807) is 27.7 Å². The van der Waals surface area contributed by atoms with Crippen molar-refractivity contribution in [1.82, 2.24) is 15.5 Å². The summed E-state index contributed by atoms with van der Waals surface area (Å²) in [6.45, 7) is 12.5. The van der Waals surface area contributed by atoms with Crippen molar-refractivity contribution >= 4 is 35.6 Å². The molecule has 58 heavy (non-hydrogen) atoms. The molecule has 0 saturated carbocycles. The fourth-order valence-electron chi connectivity index (χ4n) is 7.95. The molecule has 0 spiro atoms. The number of hydrogen-bond donors (Lipinski definition) is 4. The van der Waals surface area contributed by atoms with Gasteiger partial charge in [-0.2, -0.15) is 0 Å². The molecular formula is C42H64FN3O12. The number of aliphatic hydroxyl groups is 2. The summed E-state index contributed by atoms with van der Waals surface area (Å²) < 4.78 is 43.4. The van der Waals surface area contributed by atoms with Crippen molar-refractivity contribution in [2.75, 3.05) is 34.3 Å². The topological polar surface area (TPSA) is 199 Å². The second kappa shape index (κ2) is 20.9. The summed E-state index contributed by atoms with van der Waals surface area (Å²) in [6, 6.07) is 5.22. The first-order chi connectivity index (χ1) is 27.1. The Labute approximate surface area is 341 Å². The third kappa shape index (κ3) is 12.1. The summed E-state index contributed by atoms with van der Waals surface area (Å²) in [5.74, 6) is -7.19. The molecule has 0 bridgehead atoms. The zero-order chi connectivity index (χ0) is 43.7. The molecule has 4 N–H and O–H groups in total. The Balaban J connectivity index is 1.90. The van der Waals surface area contributed by atoms with Gasteiger partial charge in [0.15, 0.2) is 12.1 Å². The highest BCUT2D eigenvalue weighted by Crippen LogP contribution is 2.39. The van der Waals surface area contributed by atoms with Crippen LogP contribution in [0.4, 0.5) is 9.18 Å². The molecule has 2 saturated heterocycles. The van der Waals surface area contributed by atoms with E-state index >= 15 is 0 Å². The smallest absolute Gasteiger partial charge is 0.407 e. The van der Waals surface area contributed by atoms with Crippen molar-refractivity contribution in [2.45, 2.75) is 129 Å². The standard InChI is InChI=1S/C42H64FN3O12/c1-12-31-42(8,53)37(58-40(52)45-20-19-44-32(47)18-15-28-13-16-29(43)17-14-28)25(4)33(48)23(2)22-41(7,54-11)36(26(5)34(49)27(6)38(51)56-31)57-39-35(50)30(46(9)10)21-24(3)55-39/h13-18,23-27,30-31,35-37,39,50,53H,12,19-22H2,1-11H3,(H,44,47)(H,45,52)/b18-15+/t23-,24-,25+,26+,27-,30+,31-,35-,36-,37-,39+,41-,42-/m1/s1. The van der Waals surface area contributed by atoms with Crippen molar-refractivity contribution < 1.29 is 62.3 Å². The van der Waals surface area contributed by atoms with Crippen LogP contribution in [0.2, 0.25) is 0 Å². The molecule has 0 radical (unpaired) electrons. The Morgan fingerprint density at radius 3 is 2.17 bits per heavy atom. The third-order valence-corrected chi connectivity index (χ3v) is 11.5. The number of carbonyl (C=O) groups is 5. The number of ketones is 2. The largest absolute Gasteiger partial charge is 0.459 e. The van der Waals surface area contributed by atoms with Crippen LogP contribution < -0.4 is 10.6 Å². The number of nitrogens with one attached hydrogen (secondary N) is 2. The number of Topliss-reactive ketones (excluding diaryl/α,β-unsaturated/α-hetero) is 2. The number of cyclic esters (lactones) is 1. The van der Waals surface area contributed by atoms with Gasteiger partial charge in [0.25, 0.3) is 0 Å². The molecule has 326 valence electrons. The average molecular weight is 822 g/mol. The maximum atomic E-state index is 14.3. The maximum absolute atomic E-state index is 14.3. The lowest BCUT2D eigenvalue weighted by Crippen LogP contribution is -2.60. The first-order valence-corrected chi connectivity index (χ1v) is 19.9.